The number of rotatable bonds is 7. The average Bonchev–Trinajstić information content (AvgIpc) is 2.75. The first-order chi connectivity index (χ1) is 14.1. The second-order valence-electron chi connectivity index (χ2n) is 7.03. The lowest BCUT2D eigenvalue weighted by molar-refractivity contribution is 0.151. The van der Waals surface area contributed by atoms with Crippen LogP contribution in [0.2, 0.25) is 0 Å². The topological polar surface area (TPSA) is 73.0 Å². The number of nitrogens with one attached hydrogen (secondary N) is 1. The van der Waals surface area contributed by atoms with Crippen molar-refractivity contribution in [3.05, 3.63) is 60.3 Å². The number of hydrazone groups is 1. The van der Waals surface area contributed by atoms with Gasteiger partial charge in [-0.15, -0.1) is 5.92 Å². The summed E-state index contributed by atoms with van der Waals surface area (Å²) < 4.78 is 0. The average molecular weight is 392 g/mol. The van der Waals surface area contributed by atoms with Crippen LogP contribution in [0, 0.1) is 11.8 Å². The van der Waals surface area contributed by atoms with Gasteiger partial charge in [0.15, 0.2) is 0 Å². The molecular formula is C22H29N7. The molecule has 3 heterocycles. The molecule has 0 amide bonds. The fraction of sp³-hybridized carbons (Fsp3) is 0.364. The van der Waals surface area contributed by atoms with E-state index in [0.29, 0.717) is 18.8 Å². The molecule has 0 bridgehead atoms. The maximum absolute atomic E-state index is 6.34. The normalized spacial score (nSPS) is 17.1. The molecule has 2 aliphatic heterocycles. The zero-order chi connectivity index (χ0) is 20.6. The van der Waals surface area contributed by atoms with Crippen LogP contribution in [-0.2, 0) is 0 Å². The van der Waals surface area contributed by atoms with Gasteiger partial charge < -0.3 is 16.0 Å². The number of allylic oxidation sites excluding steroid dienone is 1. The van der Waals surface area contributed by atoms with Crippen molar-refractivity contribution in [1.82, 2.24) is 25.1 Å². The third kappa shape index (κ3) is 5.25. The molecule has 0 aliphatic carbocycles. The minimum atomic E-state index is 0.525. The van der Waals surface area contributed by atoms with Crippen LogP contribution in [0.3, 0.4) is 0 Å². The number of nitrogens with zero attached hydrogens (tertiary/aromatic N) is 5. The van der Waals surface area contributed by atoms with Gasteiger partial charge in [-0.3, -0.25) is 14.9 Å². The van der Waals surface area contributed by atoms with E-state index in [0.717, 1.165) is 55.4 Å². The fourth-order valence-corrected chi connectivity index (χ4v) is 3.38. The number of nitrogens with two attached hydrogens (primary N) is 1. The molecule has 0 atom stereocenters. The monoisotopic (exact) mass is 391 g/mol. The van der Waals surface area contributed by atoms with E-state index < -0.39 is 0 Å². The number of pyridine rings is 1. The van der Waals surface area contributed by atoms with Crippen molar-refractivity contribution in [2.75, 3.05) is 45.9 Å². The summed E-state index contributed by atoms with van der Waals surface area (Å²) >= 11 is 0. The summed E-state index contributed by atoms with van der Waals surface area (Å²) in [5.74, 6) is 6.16. The lowest BCUT2D eigenvalue weighted by atomic mass is 10.1. The highest BCUT2D eigenvalue weighted by molar-refractivity contribution is 5.81. The van der Waals surface area contributed by atoms with Crippen LogP contribution in [0.25, 0.3) is 5.57 Å². The molecule has 2 aliphatic rings. The Labute approximate surface area is 173 Å². The first-order valence-corrected chi connectivity index (χ1v) is 9.76. The second kappa shape index (κ2) is 9.92. The molecule has 0 radical (unpaired) electrons. The van der Waals surface area contributed by atoms with Gasteiger partial charge in [0.2, 0.25) is 0 Å². The highest BCUT2D eigenvalue weighted by Gasteiger charge is 2.25. The minimum absolute atomic E-state index is 0.525. The van der Waals surface area contributed by atoms with Crippen LogP contribution in [-0.4, -0.2) is 71.9 Å². The Balaban J connectivity index is 1.77. The van der Waals surface area contributed by atoms with Gasteiger partial charge in [-0.1, -0.05) is 19.1 Å². The quantitative estimate of drug-likeness (QED) is 0.682. The summed E-state index contributed by atoms with van der Waals surface area (Å²) in [5.41, 5.74) is 10.6. The van der Waals surface area contributed by atoms with Crippen LogP contribution in [0.15, 0.2) is 59.9 Å². The van der Waals surface area contributed by atoms with Gasteiger partial charge in [0.05, 0.1) is 43.1 Å². The molecular weight excluding hydrogens is 362 g/mol. The summed E-state index contributed by atoms with van der Waals surface area (Å²) in [5, 5.41) is 9.71. The second-order valence-corrected chi connectivity index (χ2v) is 7.03. The van der Waals surface area contributed by atoms with Crippen molar-refractivity contribution in [3.63, 3.8) is 0 Å². The van der Waals surface area contributed by atoms with E-state index in [4.69, 9.17) is 5.73 Å². The molecule has 152 valence electrons. The summed E-state index contributed by atoms with van der Waals surface area (Å²) in [6.45, 7) is 16.2. The summed E-state index contributed by atoms with van der Waals surface area (Å²) in [4.78, 5) is 8.65. The van der Waals surface area contributed by atoms with Crippen LogP contribution in [0.5, 0.6) is 0 Å². The van der Waals surface area contributed by atoms with Crippen LogP contribution in [0.4, 0.5) is 0 Å². The third-order valence-corrected chi connectivity index (χ3v) is 4.97. The number of aromatic nitrogens is 1. The van der Waals surface area contributed by atoms with E-state index >= 15 is 0 Å². The third-order valence-electron chi connectivity index (χ3n) is 4.97. The first-order valence-electron chi connectivity index (χ1n) is 9.76. The maximum atomic E-state index is 6.34. The Bertz CT molecular complexity index is 854. The Morgan fingerprint density at radius 1 is 1.31 bits per heavy atom. The van der Waals surface area contributed by atoms with Gasteiger partial charge in [-0.25, -0.2) is 0 Å². The maximum Gasteiger partial charge on any atom is 0.0886 e. The highest BCUT2D eigenvalue weighted by atomic mass is 15.5. The van der Waals surface area contributed by atoms with Gasteiger partial charge >= 0.3 is 0 Å². The molecule has 3 N–H and O–H groups in total. The Morgan fingerprint density at radius 2 is 2.03 bits per heavy atom. The molecule has 1 saturated heterocycles. The lowest BCUT2D eigenvalue weighted by Gasteiger charge is -2.38. The SMILES string of the molecule is C=C(CN1N=CC(N)=C(N(CC#CC)CN2CCNCC2)C1=C)c1ccncc1. The van der Waals surface area contributed by atoms with Crippen molar-refractivity contribution in [3.8, 4) is 11.8 Å². The van der Waals surface area contributed by atoms with Gasteiger partial charge in [-0.2, -0.15) is 5.10 Å². The molecule has 7 heteroatoms. The zero-order valence-corrected chi connectivity index (χ0v) is 17.1. The molecule has 0 saturated carbocycles. The van der Waals surface area contributed by atoms with E-state index in [1.807, 2.05) is 24.1 Å². The van der Waals surface area contributed by atoms with Crippen molar-refractivity contribution in [1.29, 1.82) is 0 Å². The number of hydrogen-bond acceptors (Lipinski definition) is 7. The number of piperazine rings is 1. The van der Waals surface area contributed by atoms with Crippen molar-refractivity contribution >= 4 is 11.8 Å². The van der Waals surface area contributed by atoms with Gasteiger partial charge in [-0.05, 0) is 30.2 Å². The number of hydrogen-bond donors (Lipinski definition) is 2. The van der Waals surface area contributed by atoms with E-state index in [1.165, 1.54) is 0 Å². The molecule has 7 nitrogen and oxygen atoms in total. The molecule has 1 fully saturated rings. The van der Waals surface area contributed by atoms with Crippen LogP contribution in [0.1, 0.15) is 12.5 Å². The molecule has 0 aromatic carbocycles. The summed E-state index contributed by atoms with van der Waals surface area (Å²) in [7, 11) is 0. The molecule has 3 rings (SSSR count). The molecule has 1 aromatic heterocycles. The Hall–Kier alpha value is -3.08. The van der Waals surface area contributed by atoms with E-state index in [-0.39, 0.29) is 0 Å². The lowest BCUT2D eigenvalue weighted by Crippen LogP contribution is -2.49. The summed E-state index contributed by atoms with van der Waals surface area (Å²) in [6.07, 6.45) is 5.21. The Morgan fingerprint density at radius 3 is 2.72 bits per heavy atom. The largest absolute Gasteiger partial charge is 0.396 e. The summed E-state index contributed by atoms with van der Waals surface area (Å²) in [6, 6.07) is 3.88. The van der Waals surface area contributed by atoms with E-state index in [1.54, 1.807) is 18.6 Å². The predicted octanol–water partition coefficient (Wildman–Crippen LogP) is 1.27. The van der Waals surface area contributed by atoms with Gasteiger partial charge in [0.1, 0.15) is 0 Å². The van der Waals surface area contributed by atoms with Crippen LogP contribution >= 0.6 is 0 Å². The van der Waals surface area contributed by atoms with Crippen molar-refractivity contribution in [2.45, 2.75) is 6.92 Å². The van der Waals surface area contributed by atoms with Gasteiger partial charge in [0.25, 0.3) is 0 Å². The van der Waals surface area contributed by atoms with E-state index in [9.17, 15) is 0 Å². The van der Waals surface area contributed by atoms with Crippen molar-refractivity contribution in [2.24, 2.45) is 10.8 Å². The molecule has 1 aromatic rings. The fourth-order valence-electron chi connectivity index (χ4n) is 3.38. The minimum Gasteiger partial charge on any atom is -0.396 e. The predicted molar refractivity (Wildman–Crippen MR) is 118 cm³/mol. The first kappa shape index (κ1) is 20.6. The molecule has 0 unspecified atom stereocenters. The highest BCUT2D eigenvalue weighted by Crippen LogP contribution is 2.26. The zero-order valence-electron chi connectivity index (χ0n) is 17.1. The standard InChI is InChI=1S/C22H29N7/c1-4-5-12-28(17-27-13-10-25-11-14-27)22-19(3)29(26-15-21(22)23)16-18(2)20-6-8-24-9-7-20/h6-9,15,25H,2-3,10-14,16-17,23H2,1H3. The van der Waals surface area contributed by atoms with Crippen molar-refractivity contribution < 1.29 is 0 Å². The van der Waals surface area contributed by atoms with E-state index in [2.05, 4.69) is 50.2 Å². The molecule has 29 heavy (non-hydrogen) atoms. The van der Waals surface area contributed by atoms with Crippen LogP contribution < -0.4 is 11.1 Å². The Kier molecular flexibility index (Phi) is 7.06. The smallest absolute Gasteiger partial charge is 0.0886 e. The molecule has 0 spiro atoms. The van der Waals surface area contributed by atoms with Gasteiger partial charge in [0, 0.05) is 38.6 Å².